The Morgan fingerprint density at radius 1 is 1.12 bits per heavy atom. The van der Waals surface area contributed by atoms with Crippen LogP contribution in [-0.2, 0) is 9.59 Å². The number of nitrogens with zero attached hydrogens (tertiary/aromatic N) is 2. The lowest BCUT2D eigenvalue weighted by atomic mass is 10.1. The van der Waals surface area contributed by atoms with E-state index in [1.54, 1.807) is 0 Å². The van der Waals surface area contributed by atoms with Crippen LogP contribution in [0.5, 0.6) is 0 Å². The Hall–Kier alpha value is -1.72. The van der Waals surface area contributed by atoms with Crippen LogP contribution in [0.15, 0.2) is 18.2 Å². The summed E-state index contributed by atoms with van der Waals surface area (Å²) in [4.78, 5) is 27.1. The van der Waals surface area contributed by atoms with E-state index in [1.807, 2.05) is 44.0 Å². The van der Waals surface area contributed by atoms with Crippen LogP contribution in [-0.4, -0.2) is 61.8 Å². The Bertz CT molecular complexity index is 525. The summed E-state index contributed by atoms with van der Waals surface area (Å²) in [5, 5.41) is 3.02. The van der Waals surface area contributed by atoms with Crippen LogP contribution in [0, 0.1) is 13.8 Å². The van der Waals surface area contributed by atoms with Gasteiger partial charge in [0.1, 0.15) is 6.29 Å². The third-order valence-corrected chi connectivity index (χ3v) is 4.30. The van der Waals surface area contributed by atoms with Crippen molar-refractivity contribution in [3.05, 3.63) is 29.3 Å². The number of aldehydes is 1. The largest absolute Gasteiger partial charge is 0.324 e. The molecule has 1 aromatic rings. The second kappa shape index (κ2) is 11.8. The molecule has 1 rings (SSSR count). The number of aryl methyl sites for hydroxylation is 2. The number of hydrogen-bond donors (Lipinski definition) is 1. The highest BCUT2D eigenvalue weighted by molar-refractivity contribution is 5.93. The predicted octanol–water partition coefficient (Wildman–Crippen LogP) is 2.86. The second-order valence-corrected chi connectivity index (χ2v) is 6.73. The highest BCUT2D eigenvalue weighted by atomic mass is 16.2. The van der Waals surface area contributed by atoms with Gasteiger partial charge in [-0.05, 0) is 70.9 Å². The molecule has 0 atom stereocenters. The Labute approximate surface area is 152 Å². The summed E-state index contributed by atoms with van der Waals surface area (Å²) in [7, 11) is 1.97. The average molecular weight is 348 g/mol. The van der Waals surface area contributed by atoms with Gasteiger partial charge < -0.3 is 10.1 Å². The van der Waals surface area contributed by atoms with Gasteiger partial charge in [-0.1, -0.05) is 25.1 Å². The Kier molecular flexibility index (Phi) is 10.0. The van der Waals surface area contributed by atoms with Crippen LogP contribution in [0.2, 0.25) is 0 Å². The third-order valence-electron chi connectivity index (χ3n) is 4.30. The minimum Gasteiger partial charge on any atom is -0.324 e. The highest BCUT2D eigenvalue weighted by Gasteiger charge is 2.10. The first-order valence-electron chi connectivity index (χ1n) is 9.18. The number of carbonyl (C=O) groups excluding carboxylic acids is 2. The van der Waals surface area contributed by atoms with Crippen molar-refractivity contribution in [3.63, 3.8) is 0 Å². The van der Waals surface area contributed by atoms with Gasteiger partial charge >= 0.3 is 0 Å². The predicted molar refractivity (Wildman–Crippen MR) is 104 cm³/mol. The van der Waals surface area contributed by atoms with Gasteiger partial charge in [-0.2, -0.15) is 0 Å². The van der Waals surface area contributed by atoms with E-state index in [4.69, 9.17) is 0 Å². The van der Waals surface area contributed by atoms with E-state index in [0.29, 0.717) is 13.1 Å². The molecule has 0 saturated carbocycles. The fraction of sp³-hybridized carbons (Fsp3) is 0.600. The molecule has 0 aliphatic rings. The molecule has 0 saturated heterocycles. The molecule has 0 aliphatic carbocycles. The van der Waals surface area contributed by atoms with Gasteiger partial charge in [0.25, 0.3) is 0 Å². The normalized spacial score (nSPS) is 11.1. The Balaban J connectivity index is 2.30. The molecular formula is C20H33N3O2. The van der Waals surface area contributed by atoms with Crippen LogP contribution in [0.1, 0.15) is 37.3 Å². The number of anilines is 1. The maximum absolute atomic E-state index is 12.2. The molecule has 1 amide bonds. The lowest BCUT2D eigenvalue weighted by Crippen LogP contribution is -2.32. The summed E-state index contributed by atoms with van der Waals surface area (Å²) >= 11 is 0. The summed E-state index contributed by atoms with van der Waals surface area (Å²) in [6.07, 6.45) is 4.09. The number of hydrogen-bond acceptors (Lipinski definition) is 4. The number of likely N-dealkylation sites (N-methyl/N-ethyl adjacent to an activating group) is 1. The van der Waals surface area contributed by atoms with Crippen LogP contribution in [0.25, 0.3) is 0 Å². The number of amides is 1. The molecule has 25 heavy (non-hydrogen) atoms. The fourth-order valence-electron chi connectivity index (χ4n) is 2.95. The molecule has 140 valence electrons. The van der Waals surface area contributed by atoms with Crippen molar-refractivity contribution in [1.29, 1.82) is 0 Å². The zero-order valence-corrected chi connectivity index (χ0v) is 16.2. The number of para-hydroxylation sites is 1. The Morgan fingerprint density at radius 3 is 2.36 bits per heavy atom. The molecule has 0 aromatic heterocycles. The van der Waals surface area contributed by atoms with E-state index in [0.717, 1.165) is 62.0 Å². The maximum Gasteiger partial charge on any atom is 0.238 e. The average Bonchev–Trinajstić information content (AvgIpc) is 2.55. The van der Waals surface area contributed by atoms with E-state index in [9.17, 15) is 9.59 Å². The van der Waals surface area contributed by atoms with Crippen LogP contribution < -0.4 is 5.32 Å². The molecule has 0 bridgehead atoms. The van der Waals surface area contributed by atoms with Crippen molar-refractivity contribution in [2.45, 2.75) is 40.0 Å². The highest BCUT2D eigenvalue weighted by Crippen LogP contribution is 2.19. The van der Waals surface area contributed by atoms with Gasteiger partial charge in [0.2, 0.25) is 5.91 Å². The summed E-state index contributed by atoms with van der Waals surface area (Å²) < 4.78 is 0. The van der Waals surface area contributed by atoms with Gasteiger partial charge in [-0.3, -0.25) is 14.6 Å². The molecule has 0 heterocycles. The first-order chi connectivity index (χ1) is 12.0. The van der Waals surface area contributed by atoms with Gasteiger partial charge in [0.15, 0.2) is 0 Å². The number of nitrogens with one attached hydrogen (secondary N) is 1. The van der Waals surface area contributed by atoms with Crippen molar-refractivity contribution in [2.24, 2.45) is 0 Å². The minimum atomic E-state index is 0.0217. The summed E-state index contributed by atoms with van der Waals surface area (Å²) in [6.45, 7) is 9.83. The third kappa shape index (κ3) is 8.27. The van der Waals surface area contributed by atoms with E-state index >= 15 is 0 Å². The number of unbranched alkanes of at least 4 members (excludes halogenated alkanes) is 1. The van der Waals surface area contributed by atoms with Gasteiger partial charge in [0, 0.05) is 5.69 Å². The van der Waals surface area contributed by atoms with Crippen LogP contribution >= 0.6 is 0 Å². The molecule has 1 aromatic carbocycles. The summed E-state index contributed by atoms with van der Waals surface area (Å²) in [6, 6.07) is 6.01. The molecule has 0 radical (unpaired) electrons. The molecule has 0 spiro atoms. The summed E-state index contributed by atoms with van der Waals surface area (Å²) in [5.41, 5.74) is 3.09. The number of carbonyl (C=O) groups is 2. The topological polar surface area (TPSA) is 52.7 Å². The molecular weight excluding hydrogens is 314 g/mol. The molecule has 0 aliphatic heterocycles. The molecule has 0 fully saturated rings. The Morgan fingerprint density at radius 2 is 1.76 bits per heavy atom. The standard InChI is InChI=1S/C20H33N3O2/c1-5-11-23(14-15-24)13-7-6-12-22(4)16-19(25)21-20-17(2)9-8-10-18(20)3/h8-10,15H,5-7,11-14,16H2,1-4H3,(H,21,25). The van der Waals surface area contributed by atoms with Crippen molar-refractivity contribution in [3.8, 4) is 0 Å². The molecule has 5 nitrogen and oxygen atoms in total. The quantitative estimate of drug-likeness (QED) is 0.467. The van der Waals surface area contributed by atoms with Crippen LogP contribution in [0.4, 0.5) is 5.69 Å². The molecule has 5 heteroatoms. The van der Waals surface area contributed by atoms with E-state index < -0.39 is 0 Å². The van der Waals surface area contributed by atoms with E-state index in [2.05, 4.69) is 17.1 Å². The van der Waals surface area contributed by atoms with Gasteiger partial charge in [-0.25, -0.2) is 0 Å². The fourth-order valence-corrected chi connectivity index (χ4v) is 2.95. The zero-order chi connectivity index (χ0) is 18.7. The SMILES string of the molecule is CCCN(CC=O)CCCCN(C)CC(=O)Nc1c(C)cccc1C. The van der Waals surface area contributed by atoms with Crippen molar-refractivity contribution < 1.29 is 9.59 Å². The van der Waals surface area contributed by atoms with Crippen molar-refractivity contribution >= 4 is 17.9 Å². The smallest absolute Gasteiger partial charge is 0.238 e. The first-order valence-corrected chi connectivity index (χ1v) is 9.18. The van der Waals surface area contributed by atoms with Crippen molar-refractivity contribution in [2.75, 3.05) is 45.1 Å². The number of rotatable bonds is 12. The van der Waals surface area contributed by atoms with Gasteiger partial charge in [0.05, 0.1) is 13.1 Å². The number of benzene rings is 1. The zero-order valence-electron chi connectivity index (χ0n) is 16.2. The van der Waals surface area contributed by atoms with Crippen LogP contribution in [0.3, 0.4) is 0 Å². The van der Waals surface area contributed by atoms with Gasteiger partial charge in [-0.15, -0.1) is 0 Å². The second-order valence-electron chi connectivity index (χ2n) is 6.73. The van der Waals surface area contributed by atoms with Crippen molar-refractivity contribution in [1.82, 2.24) is 9.80 Å². The first kappa shape index (κ1) is 21.3. The lowest BCUT2D eigenvalue weighted by Gasteiger charge is -2.20. The van der Waals surface area contributed by atoms with E-state index in [-0.39, 0.29) is 5.91 Å². The van der Waals surface area contributed by atoms with E-state index in [1.165, 1.54) is 0 Å². The maximum atomic E-state index is 12.2. The lowest BCUT2D eigenvalue weighted by molar-refractivity contribution is -0.117. The molecule has 1 N–H and O–H groups in total. The molecule has 0 unspecified atom stereocenters. The summed E-state index contributed by atoms with van der Waals surface area (Å²) in [5.74, 6) is 0.0217. The monoisotopic (exact) mass is 347 g/mol. The minimum absolute atomic E-state index is 0.0217.